The lowest BCUT2D eigenvalue weighted by Gasteiger charge is -2.21. The third kappa shape index (κ3) is 4.26. The van der Waals surface area contributed by atoms with E-state index in [-0.39, 0.29) is 5.91 Å². The second-order valence-electron chi connectivity index (χ2n) is 5.96. The number of nitrogens with one attached hydrogen (secondary N) is 1. The van der Waals surface area contributed by atoms with Crippen LogP contribution in [0.4, 0.5) is 5.69 Å². The van der Waals surface area contributed by atoms with Crippen LogP contribution < -0.4 is 10.2 Å². The second-order valence-corrected chi connectivity index (χ2v) is 5.96. The van der Waals surface area contributed by atoms with Gasteiger partial charge < -0.3 is 10.2 Å². The number of hydrogen-bond donors (Lipinski definition) is 1. The molecule has 0 spiro atoms. The van der Waals surface area contributed by atoms with Crippen molar-refractivity contribution in [1.29, 1.82) is 0 Å². The van der Waals surface area contributed by atoms with E-state index in [2.05, 4.69) is 5.32 Å². The lowest BCUT2D eigenvalue weighted by atomic mass is 9.96. The molecule has 1 N–H and O–H groups in total. The van der Waals surface area contributed by atoms with Crippen molar-refractivity contribution in [2.24, 2.45) is 0 Å². The van der Waals surface area contributed by atoms with E-state index < -0.39 is 0 Å². The molecule has 1 fully saturated rings. The molecule has 0 saturated heterocycles. The molecule has 1 saturated carbocycles. The van der Waals surface area contributed by atoms with Crippen molar-refractivity contribution >= 4 is 11.6 Å². The molecule has 0 heterocycles. The molecule has 1 amide bonds. The molecule has 1 aliphatic rings. The average molecular weight is 274 g/mol. The van der Waals surface area contributed by atoms with Gasteiger partial charge in [-0.05, 0) is 31.0 Å². The van der Waals surface area contributed by atoms with Crippen molar-refractivity contribution in [2.45, 2.75) is 51.0 Å². The van der Waals surface area contributed by atoms with Crippen LogP contribution in [0.5, 0.6) is 0 Å². The molecule has 0 aromatic heterocycles. The van der Waals surface area contributed by atoms with Gasteiger partial charge in [-0.15, -0.1) is 0 Å². The van der Waals surface area contributed by atoms with E-state index in [4.69, 9.17) is 0 Å². The summed E-state index contributed by atoms with van der Waals surface area (Å²) < 4.78 is 0. The Kier molecular flexibility index (Phi) is 5.45. The number of benzene rings is 1. The molecule has 0 unspecified atom stereocenters. The Morgan fingerprint density at radius 1 is 1.10 bits per heavy atom. The van der Waals surface area contributed by atoms with Gasteiger partial charge in [-0.1, -0.05) is 38.2 Å². The Bertz CT molecular complexity index is 434. The predicted molar refractivity (Wildman–Crippen MR) is 84.3 cm³/mol. The summed E-state index contributed by atoms with van der Waals surface area (Å²) in [6.07, 6.45) is 8.69. The third-order valence-electron chi connectivity index (χ3n) is 4.07. The maximum absolute atomic E-state index is 12.4. The highest BCUT2D eigenvalue weighted by Gasteiger charge is 2.15. The zero-order valence-corrected chi connectivity index (χ0v) is 12.7. The van der Waals surface area contributed by atoms with Crippen LogP contribution in [-0.2, 0) is 0 Å². The summed E-state index contributed by atoms with van der Waals surface area (Å²) in [6, 6.07) is 8.17. The van der Waals surface area contributed by atoms with Gasteiger partial charge >= 0.3 is 0 Å². The summed E-state index contributed by atoms with van der Waals surface area (Å²) in [7, 11) is 3.98. The number of anilines is 1. The van der Waals surface area contributed by atoms with Crippen molar-refractivity contribution in [2.75, 3.05) is 19.0 Å². The number of nitrogens with zero attached hydrogens (tertiary/aromatic N) is 1. The van der Waals surface area contributed by atoms with Crippen LogP contribution >= 0.6 is 0 Å². The van der Waals surface area contributed by atoms with E-state index in [1.165, 1.54) is 32.1 Å². The van der Waals surface area contributed by atoms with Crippen molar-refractivity contribution < 1.29 is 4.79 Å². The molecule has 0 atom stereocenters. The first kappa shape index (κ1) is 14.9. The Labute approximate surface area is 122 Å². The number of rotatable bonds is 3. The lowest BCUT2D eigenvalue weighted by molar-refractivity contribution is 0.0930. The minimum atomic E-state index is 0.0688. The largest absolute Gasteiger partial charge is 0.378 e. The van der Waals surface area contributed by atoms with Gasteiger partial charge in [0, 0.05) is 31.4 Å². The molecule has 1 aromatic carbocycles. The lowest BCUT2D eigenvalue weighted by Crippen LogP contribution is -2.35. The highest BCUT2D eigenvalue weighted by molar-refractivity contribution is 5.95. The van der Waals surface area contributed by atoms with E-state index in [9.17, 15) is 4.79 Å². The van der Waals surface area contributed by atoms with E-state index in [1.54, 1.807) is 0 Å². The first-order valence-corrected chi connectivity index (χ1v) is 7.75. The van der Waals surface area contributed by atoms with Crippen molar-refractivity contribution in [3.63, 3.8) is 0 Å². The topological polar surface area (TPSA) is 32.3 Å². The van der Waals surface area contributed by atoms with Crippen LogP contribution in [0.1, 0.15) is 55.3 Å². The molecule has 2 rings (SSSR count). The van der Waals surface area contributed by atoms with Gasteiger partial charge in [0.15, 0.2) is 0 Å². The minimum Gasteiger partial charge on any atom is -0.378 e. The molecular formula is C17H26N2O. The molecular weight excluding hydrogens is 248 g/mol. The van der Waals surface area contributed by atoms with Gasteiger partial charge in [-0.2, -0.15) is 0 Å². The van der Waals surface area contributed by atoms with E-state index in [0.29, 0.717) is 6.04 Å². The highest BCUT2D eigenvalue weighted by Crippen LogP contribution is 2.18. The van der Waals surface area contributed by atoms with Crippen LogP contribution in [-0.4, -0.2) is 26.0 Å². The molecule has 20 heavy (non-hydrogen) atoms. The van der Waals surface area contributed by atoms with Crippen molar-refractivity contribution in [3.8, 4) is 0 Å². The van der Waals surface area contributed by atoms with Crippen LogP contribution in [0, 0.1) is 0 Å². The molecule has 0 radical (unpaired) electrons. The van der Waals surface area contributed by atoms with Crippen LogP contribution in [0.3, 0.4) is 0 Å². The minimum absolute atomic E-state index is 0.0688. The van der Waals surface area contributed by atoms with E-state index in [1.807, 2.05) is 43.3 Å². The molecule has 110 valence electrons. The molecule has 0 bridgehead atoms. The van der Waals surface area contributed by atoms with Crippen LogP contribution in [0.15, 0.2) is 24.3 Å². The molecule has 1 aromatic rings. The summed E-state index contributed by atoms with van der Waals surface area (Å²) in [6.45, 7) is 0. The van der Waals surface area contributed by atoms with Gasteiger partial charge in [0.2, 0.25) is 0 Å². The maximum Gasteiger partial charge on any atom is 0.251 e. The number of hydrogen-bond acceptors (Lipinski definition) is 2. The summed E-state index contributed by atoms with van der Waals surface area (Å²) in [5, 5.41) is 3.21. The Balaban J connectivity index is 1.97. The quantitative estimate of drug-likeness (QED) is 0.913. The monoisotopic (exact) mass is 274 g/mol. The SMILES string of the molecule is CN(C)c1cccc(C(=O)NC2CCCCCCC2)c1. The van der Waals surface area contributed by atoms with Crippen LogP contribution in [0.25, 0.3) is 0 Å². The Morgan fingerprint density at radius 2 is 1.75 bits per heavy atom. The first-order valence-electron chi connectivity index (χ1n) is 7.75. The Morgan fingerprint density at radius 3 is 2.40 bits per heavy atom. The fourth-order valence-electron chi connectivity index (χ4n) is 2.79. The van der Waals surface area contributed by atoms with E-state index in [0.717, 1.165) is 24.1 Å². The normalized spacial score (nSPS) is 17.1. The standard InChI is InChI=1S/C17H26N2O/c1-19(2)16-12-8-9-14(13-16)17(20)18-15-10-6-4-3-5-7-11-15/h8-9,12-13,15H,3-7,10-11H2,1-2H3,(H,18,20). The fraction of sp³-hybridized carbons (Fsp3) is 0.588. The fourth-order valence-corrected chi connectivity index (χ4v) is 2.79. The van der Waals surface area contributed by atoms with Crippen molar-refractivity contribution in [1.82, 2.24) is 5.32 Å². The Hall–Kier alpha value is -1.51. The van der Waals surface area contributed by atoms with Gasteiger partial charge in [-0.3, -0.25) is 4.79 Å². The maximum atomic E-state index is 12.4. The second kappa shape index (κ2) is 7.32. The third-order valence-corrected chi connectivity index (χ3v) is 4.07. The summed E-state index contributed by atoms with van der Waals surface area (Å²) in [5.41, 5.74) is 1.83. The number of amides is 1. The molecule has 0 aliphatic heterocycles. The van der Waals surface area contributed by atoms with Gasteiger partial charge in [0.05, 0.1) is 0 Å². The molecule has 1 aliphatic carbocycles. The summed E-state index contributed by atoms with van der Waals surface area (Å²) >= 11 is 0. The smallest absolute Gasteiger partial charge is 0.251 e. The van der Waals surface area contributed by atoms with Gasteiger partial charge in [-0.25, -0.2) is 0 Å². The molecule has 3 nitrogen and oxygen atoms in total. The van der Waals surface area contributed by atoms with Gasteiger partial charge in [0.1, 0.15) is 0 Å². The summed E-state index contributed by atoms with van der Waals surface area (Å²) in [4.78, 5) is 14.4. The predicted octanol–water partition coefficient (Wildman–Crippen LogP) is 3.60. The highest BCUT2D eigenvalue weighted by atomic mass is 16.1. The molecule has 3 heteroatoms. The number of carbonyl (C=O) groups excluding carboxylic acids is 1. The zero-order chi connectivity index (χ0) is 14.4. The van der Waals surface area contributed by atoms with E-state index >= 15 is 0 Å². The zero-order valence-electron chi connectivity index (χ0n) is 12.7. The average Bonchev–Trinajstić information content (AvgIpc) is 2.41. The van der Waals surface area contributed by atoms with Gasteiger partial charge in [0.25, 0.3) is 5.91 Å². The van der Waals surface area contributed by atoms with Crippen LogP contribution in [0.2, 0.25) is 0 Å². The first-order chi connectivity index (χ1) is 9.66. The van der Waals surface area contributed by atoms with Crippen molar-refractivity contribution in [3.05, 3.63) is 29.8 Å². The summed E-state index contributed by atoms with van der Waals surface area (Å²) in [5.74, 6) is 0.0688. The number of carbonyl (C=O) groups is 1.